The number of benzene rings is 1. The summed E-state index contributed by atoms with van der Waals surface area (Å²) in [7, 11) is 2.77. The summed E-state index contributed by atoms with van der Waals surface area (Å²) in [6.07, 6.45) is 0. The number of hydrogen-bond acceptors (Lipinski definition) is 2. The van der Waals surface area contributed by atoms with Crippen LogP contribution >= 0.6 is 9.24 Å². The molecule has 0 saturated carbocycles. The molecule has 2 nitrogen and oxygen atoms in total. The lowest BCUT2D eigenvalue weighted by atomic mass is 10.2. The Morgan fingerprint density at radius 2 is 2.00 bits per heavy atom. The summed E-state index contributed by atoms with van der Waals surface area (Å²) in [5.41, 5.74) is 2.71. The Balaban J connectivity index is 2.18. The Morgan fingerprint density at radius 3 is 2.64 bits per heavy atom. The van der Waals surface area contributed by atoms with Crippen LogP contribution in [0.25, 0.3) is 0 Å². The molecule has 1 fully saturated rings. The summed E-state index contributed by atoms with van der Waals surface area (Å²) in [6.45, 7) is 6.60. The smallest absolute Gasteiger partial charge is 0.0370 e. The molecular formula is C11H17N2P. The highest BCUT2D eigenvalue weighted by molar-refractivity contribution is 7.27. The lowest BCUT2D eigenvalue weighted by molar-refractivity contribution is 0.589. The van der Waals surface area contributed by atoms with Crippen molar-refractivity contribution in [2.45, 2.75) is 6.92 Å². The van der Waals surface area contributed by atoms with Crippen LogP contribution in [-0.4, -0.2) is 26.2 Å². The van der Waals surface area contributed by atoms with E-state index in [1.165, 1.54) is 16.6 Å². The number of nitrogens with zero attached hydrogens (tertiary/aromatic N) is 1. The van der Waals surface area contributed by atoms with Crippen LogP contribution < -0.4 is 15.5 Å². The molecule has 1 aliphatic rings. The third-order valence-electron chi connectivity index (χ3n) is 2.74. The van der Waals surface area contributed by atoms with Crippen molar-refractivity contribution < 1.29 is 0 Å². The van der Waals surface area contributed by atoms with Gasteiger partial charge < -0.3 is 10.2 Å². The predicted octanol–water partition coefficient (Wildman–Crippen LogP) is 0.905. The van der Waals surface area contributed by atoms with Gasteiger partial charge in [0.05, 0.1) is 0 Å². The number of nitrogens with one attached hydrogen (secondary N) is 1. The maximum Gasteiger partial charge on any atom is 0.0370 e. The molecule has 3 heteroatoms. The number of piperazine rings is 1. The summed E-state index contributed by atoms with van der Waals surface area (Å²) in [4.78, 5) is 2.44. The zero-order valence-electron chi connectivity index (χ0n) is 8.59. The molecule has 0 aromatic heterocycles. The Bertz CT molecular complexity index is 319. The molecule has 0 aliphatic carbocycles. The van der Waals surface area contributed by atoms with Gasteiger partial charge >= 0.3 is 0 Å². The Labute approximate surface area is 87.9 Å². The summed E-state index contributed by atoms with van der Waals surface area (Å²) in [6, 6.07) is 6.66. The summed E-state index contributed by atoms with van der Waals surface area (Å²) in [5, 5.41) is 4.66. The van der Waals surface area contributed by atoms with Crippen LogP contribution in [0.3, 0.4) is 0 Å². The molecule has 1 atom stereocenters. The monoisotopic (exact) mass is 208 g/mol. The Morgan fingerprint density at radius 1 is 1.29 bits per heavy atom. The second-order valence-corrected chi connectivity index (χ2v) is 4.40. The van der Waals surface area contributed by atoms with E-state index in [1.54, 1.807) is 0 Å². The Kier molecular flexibility index (Phi) is 3.05. The molecule has 1 aromatic carbocycles. The van der Waals surface area contributed by atoms with Crippen molar-refractivity contribution in [3.63, 3.8) is 0 Å². The number of anilines is 1. The van der Waals surface area contributed by atoms with Gasteiger partial charge in [0.15, 0.2) is 0 Å². The SMILES string of the molecule is Cc1cc(N2CCNCC2)ccc1P. The van der Waals surface area contributed by atoms with Gasteiger partial charge in [-0.2, -0.15) is 0 Å². The first kappa shape index (κ1) is 9.95. The number of rotatable bonds is 1. The topological polar surface area (TPSA) is 15.3 Å². The molecule has 1 saturated heterocycles. The normalized spacial score (nSPS) is 17.1. The lowest BCUT2D eigenvalue weighted by Gasteiger charge is -2.29. The Hall–Kier alpha value is -0.590. The number of aryl methyl sites for hydroxylation is 1. The van der Waals surface area contributed by atoms with E-state index in [1.807, 2.05) is 0 Å². The molecular weight excluding hydrogens is 191 g/mol. The van der Waals surface area contributed by atoms with Crippen molar-refractivity contribution in [1.29, 1.82) is 0 Å². The van der Waals surface area contributed by atoms with E-state index in [0.717, 1.165) is 26.2 Å². The highest BCUT2D eigenvalue weighted by atomic mass is 31.0. The van der Waals surface area contributed by atoms with Crippen LogP contribution in [0.2, 0.25) is 0 Å². The van der Waals surface area contributed by atoms with Crippen molar-refractivity contribution in [3.8, 4) is 0 Å². The molecule has 14 heavy (non-hydrogen) atoms. The van der Waals surface area contributed by atoms with Gasteiger partial charge in [0, 0.05) is 31.9 Å². The van der Waals surface area contributed by atoms with E-state index in [4.69, 9.17) is 0 Å². The van der Waals surface area contributed by atoms with Crippen LogP contribution in [0.5, 0.6) is 0 Å². The van der Waals surface area contributed by atoms with Crippen molar-refractivity contribution >= 4 is 20.2 Å². The highest BCUT2D eigenvalue weighted by Gasteiger charge is 2.10. The van der Waals surface area contributed by atoms with Gasteiger partial charge in [0.1, 0.15) is 0 Å². The van der Waals surface area contributed by atoms with Crippen molar-refractivity contribution in [1.82, 2.24) is 5.32 Å². The van der Waals surface area contributed by atoms with E-state index in [-0.39, 0.29) is 0 Å². The minimum Gasteiger partial charge on any atom is -0.369 e. The van der Waals surface area contributed by atoms with Gasteiger partial charge in [-0.05, 0) is 29.9 Å². The van der Waals surface area contributed by atoms with Gasteiger partial charge in [-0.1, -0.05) is 6.07 Å². The maximum atomic E-state index is 3.36. The summed E-state index contributed by atoms with van der Waals surface area (Å²) >= 11 is 0. The van der Waals surface area contributed by atoms with Gasteiger partial charge in [0.25, 0.3) is 0 Å². The molecule has 0 amide bonds. The first-order valence-corrected chi connectivity index (χ1v) is 5.67. The maximum absolute atomic E-state index is 3.36. The van der Waals surface area contributed by atoms with Gasteiger partial charge in [-0.25, -0.2) is 0 Å². The second kappa shape index (κ2) is 4.29. The highest BCUT2D eigenvalue weighted by Crippen LogP contribution is 2.16. The lowest BCUT2D eigenvalue weighted by Crippen LogP contribution is -2.43. The van der Waals surface area contributed by atoms with E-state index in [9.17, 15) is 0 Å². The first-order chi connectivity index (χ1) is 6.77. The third-order valence-corrected chi connectivity index (χ3v) is 3.38. The zero-order valence-corrected chi connectivity index (χ0v) is 9.74. The zero-order chi connectivity index (χ0) is 9.97. The van der Waals surface area contributed by atoms with Crippen LogP contribution in [0.15, 0.2) is 18.2 Å². The van der Waals surface area contributed by atoms with Gasteiger partial charge in [-0.15, -0.1) is 9.24 Å². The van der Waals surface area contributed by atoms with Crippen LogP contribution in [-0.2, 0) is 0 Å². The quantitative estimate of drug-likeness (QED) is 0.690. The van der Waals surface area contributed by atoms with Crippen molar-refractivity contribution in [2.75, 3.05) is 31.1 Å². The van der Waals surface area contributed by atoms with E-state index >= 15 is 0 Å². The van der Waals surface area contributed by atoms with Crippen LogP contribution in [0.1, 0.15) is 5.56 Å². The summed E-state index contributed by atoms with van der Waals surface area (Å²) < 4.78 is 0. The fourth-order valence-corrected chi connectivity index (χ4v) is 1.96. The van der Waals surface area contributed by atoms with Crippen LogP contribution in [0, 0.1) is 6.92 Å². The standard InChI is InChI=1S/C11H17N2P/c1-9-8-10(2-3-11(9)14)13-6-4-12-5-7-13/h2-3,8,12H,4-7,14H2,1H3. The molecule has 1 aliphatic heterocycles. The molecule has 1 unspecified atom stereocenters. The van der Waals surface area contributed by atoms with Gasteiger partial charge in [-0.3, -0.25) is 0 Å². The predicted molar refractivity (Wildman–Crippen MR) is 65.6 cm³/mol. The largest absolute Gasteiger partial charge is 0.369 e. The molecule has 1 heterocycles. The minimum absolute atomic E-state index is 1.10. The van der Waals surface area contributed by atoms with E-state index < -0.39 is 0 Å². The fourth-order valence-electron chi connectivity index (χ4n) is 1.78. The van der Waals surface area contributed by atoms with E-state index in [0.29, 0.717) is 0 Å². The first-order valence-electron chi connectivity index (χ1n) is 5.09. The summed E-state index contributed by atoms with van der Waals surface area (Å²) in [5.74, 6) is 0. The minimum atomic E-state index is 1.10. The second-order valence-electron chi connectivity index (χ2n) is 3.78. The molecule has 1 aromatic rings. The molecule has 2 rings (SSSR count). The molecule has 76 valence electrons. The molecule has 0 bridgehead atoms. The average molecular weight is 208 g/mol. The molecule has 0 spiro atoms. The third kappa shape index (κ3) is 2.08. The average Bonchev–Trinajstić information content (AvgIpc) is 2.23. The van der Waals surface area contributed by atoms with Gasteiger partial charge in [0.2, 0.25) is 0 Å². The van der Waals surface area contributed by atoms with E-state index in [2.05, 4.69) is 44.6 Å². The fraction of sp³-hybridized carbons (Fsp3) is 0.455. The number of hydrogen-bond donors (Lipinski definition) is 1. The van der Waals surface area contributed by atoms with Crippen LogP contribution in [0.4, 0.5) is 5.69 Å². The van der Waals surface area contributed by atoms with Crippen molar-refractivity contribution in [2.24, 2.45) is 0 Å². The molecule has 1 N–H and O–H groups in total. The molecule has 0 radical (unpaired) electrons. The van der Waals surface area contributed by atoms with Crippen molar-refractivity contribution in [3.05, 3.63) is 23.8 Å².